The second-order valence-corrected chi connectivity index (χ2v) is 13.6. The van der Waals surface area contributed by atoms with Crippen LogP contribution < -0.4 is 0 Å². The Labute approximate surface area is 280 Å². The average Bonchev–Trinajstić information content (AvgIpc) is 3.61. The normalized spacial score (nSPS) is 13.6. The van der Waals surface area contributed by atoms with Gasteiger partial charge in [-0.05, 0) is 148 Å². The molecule has 0 N–H and O–H groups in total. The first-order chi connectivity index (χ1) is 23.6. The molecule has 8 aromatic carbocycles. The van der Waals surface area contributed by atoms with E-state index in [0.29, 0.717) is 0 Å². The van der Waals surface area contributed by atoms with Crippen LogP contribution in [-0.2, 0) is 5.41 Å². The smallest absolute Gasteiger partial charge is 0.123 e. The molecule has 0 nitrogen and oxygen atoms in total. The van der Waals surface area contributed by atoms with Gasteiger partial charge in [0.15, 0.2) is 0 Å². The lowest BCUT2D eigenvalue weighted by Crippen LogP contribution is -2.22. The standard InChI is InChI=1S/C47H33F/c1-3-47(4-2)43-14-6-5-11-37(43)41-25-31(18-22-44(41)47)29-10-7-9-28(23-29)30-17-20-35-32(24-30)15-16-33-26-42-40-27-34(48)19-21-36(40)38-12-8-13-39(45(33)35)46(38)42/h5-27H,3-4H2,1-2H3. The summed E-state index contributed by atoms with van der Waals surface area (Å²) >= 11 is 0. The minimum atomic E-state index is -0.193. The molecule has 48 heavy (non-hydrogen) atoms. The van der Waals surface area contributed by atoms with Crippen molar-refractivity contribution in [2.45, 2.75) is 32.1 Å². The molecule has 0 spiro atoms. The lowest BCUT2D eigenvalue weighted by Gasteiger charge is -2.29. The van der Waals surface area contributed by atoms with Crippen LogP contribution >= 0.6 is 0 Å². The van der Waals surface area contributed by atoms with Crippen molar-refractivity contribution < 1.29 is 4.39 Å². The zero-order valence-electron chi connectivity index (χ0n) is 27.1. The van der Waals surface area contributed by atoms with Crippen molar-refractivity contribution in [2.75, 3.05) is 0 Å². The summed E-state index contributed by atoms with van der Waals surface area (Å²) in [6, 6.07) is 50.4. The van der Waals surface area contributed by atoms with Gasteiger partial charge in [0.2, 0.25) is 0 Å². The molecule has 0 aromatic heterocycles. The third kappa shape index (κ3) is 3.65. The topological polar surface area (TPSA) is 0 Å². The van der Waals surface area contributed by atoms with E-state index in [0.717, 1.165) is 29.5 Å². The van der Waals surface area contributed by atoms with Crippen molar-refractivity contribution in [3.05, 3.63) is 156 Å². The van der Waals surface area contributed by atoms with Crippen molar-refractivity contribution in [3.8, 4) is 55.6 Å². The van der Waals surface area contributed by atoms with E-state index in [9.17, 15) is 4.39 Å². The summed E-state index contributed by atoms with van der Waals surface area (Å²) in [6.07, 6.45) is 2.21. The Balaban J connectivity index is 1.09. The van der Waals surface area contributed by atoms with Gasteiger partial charge in [-0.15, -0.1) is 0 Å². The number of fused-ring (bicyclic) bond motifs is 10. The summed E-state index contributed by atoms with van der Waals surface area (Å²) in [4.78, 5) is 0. The molecule has 0 unspecified atom stereocenters. The number of benzene rings is 8. The maximum atomic E-state index is 14.4. The molecule has 0 atom stereocenters. The summed E-state index contributed by atoms with van der Waals surface area (Å²) in [5.41, 5.74) is 15.1. The van der Waals surface area contributed by atoms with Crippen LogP contribution in [0.2, 0.25) is 0 Å². The second kappa shape index (κ2) is 9.99. The summed E-state index contributed by atoms with van der Waals surface area (Å²) < 4.78 is 14.4. The fourth-order valence-corrected chi connectivity index (χ4v) is 9.17. The van der Waals surface area contributed by atoms with E-state index in [-0.39, 0.29) is 11.2 Å². The zero-order valence-corrected chi connectivity index (χ0v) is 27.1. The van der Waals surface area contributed by atoms with E-state index in [1.165, 1.54) is 82.4 Å². The van der Waals surface area contributed by atoms with Gasteiger partial charge in [-0.3, -0.25) is 0 Å². The summed E-state index contributed by atoms with van der Waals surface area (Å²) in [6.45, 7) is 4.65. The van der Waals surface area contributed by atoms with Gasteiger partial charge in [-0.1, -0.05) is 117 Å². The van der Waals surface area contributed by atoms with Gasteiger partial charge in [0, 0.05) is 5.41 Å². The predicted octanol–water partition coefficient (Wildman–Crippen LogP) is 13.4. The molecule has 10 rings (SSSR count). The molecule has 2 aliphatic carbocycles. The highest BCUT2D eigenvalue weighted by atomic mass is 19.1. The first-order valence-electron chi connectivity index (χ1n) is 17.2. The number of rotatable bonds is 4. The maximum absolute atomic E-state index is 14.4. The lowest BCUT2D eigenvalue weighted by atomic mass is 9.74. The number of hydrogen-bond donors (Lipinski definition) is 0. The third-order valence-corrected chi connectivity index (χ3v) is 11.5. The highest BCUT2D eigenvalue weighted by Gasteiger charge is 2.40. The Morgan fingerprint density at radius 2 is 1.12 bits per heavy atom. The minimum Gasteiger partial charge on any atom is -0.207 e. The van der Waals surface area contributed by atoms with E-state index in [2.05, 4.69) is 135 Å². The second-order valence-electron chi connectivity index (χ2n) is 13.6. The number of hydrogen-bond acceptors (Lipinski definition) is 0. The van der Waals surface area contributed by atoms with Crippen molar-refractivity contribution in [2.24, 2.45) is 0 Å². The van der Waals surface area contributed by atoms with Crippen LogP contribution in [0.3, 0.4) is 0 Å². The van der Waals surface area contributed by atoms with E-state index < -0.39 is 0 Å². The monoisotopic (exact) mass is 616 g/mol. The van der Waals surface area contributed by atoms with Gasteiger partial charge in [-0.2, -0.15) is 0 Å². The summed E-state index contributed by atoms with van der Waals surface area (Å²) in [5.74, 6) is -0.193. The fourth-order valence-electron chi connectivity index (χ4n) is 9.17. The Bertz CT molecular complexity index is 2650. The van der Waals surface area contributed by atoms with E-state index >= 15 is 0 Å². The average molecular weight is 617 g/mol. The molecule has 0 aliphatic heterocycles. The minimum absolute atomic E-state index is 0.0929. The van der Waals surface area contributed by atoms with Crippen LogP contribution in [0.15, 0.2) is 140 Å². The molecule has 0 saturated heterocycles. The molecule has 1 heteroatoms. The van der Waals surface area contributed by atoms with E-state index in [1.807, 2.05) is 6.07 Å². The molecule has 0 heterocycles. The molecular formula is C47H33F. The molecule has 228 valence electrons. The Morgan fingerprint density at radius 3 is 1.98 bits per heavy atom. The number of halogens is 1. The third-order valence-electron chi connectivity index (χ3n) is 11.5. The Hall–Kier alpha value is -5.53. The van der Waals surface area contributed by atoms with Crippen LogP contribution in [0.1, 0.15) is 37.8 Å². The van der Waals surface area contributed by atoms with Gasteiger partial charge in [-0.25, -0.2) is 4.39 Å². The SMILES string of the molecule is CCC1(CC)c2ccccc2-c2cc(-c3cccc(-c4ccc5c(ccc6cc7c8c(cccc8c65)-c5ccc(F)cc5-7)c4)c3)ccc21. The molecule has 0 bridgehead atoms. The zero-order chi connectivity index (χ0) is 32.1. The molecular weight excluding hydrogens is 584 g/mol. The van der Waals surface area contributed by atoms with E-state index in [4.69, 9.17) is 0 Å². The molecule has 2 aliphatic rings. The van der Waals surface area contributed by atoms with Gasteiger partial charge in [0.1, 0.15) is 5.82 Å². The summed E-state index contributed by atoms with van der Waals surface area (Å²) in [7, 11) is 0. The Kier molecular flexibility index (Phi) is 5.74. The first kappa shape index (κ1) is 27.6. The highest BCUT2D eigenvalue weighted by molar-refractivity contribution is 6.28. The molecule has 0 saturated carbocycles. The molecule has 0 fully saturated rings. The maximum Gasteiger partial charge on any atom is 0.123 e. The summed E-state index contributed by atoms with van der Waals surface area (Å²) in [5, 5.41) is 7.35. The quantitative estimate of drug-likeness (QED) is 0.173. The largest absolute Gasteiger partial charge is 0.207 e. The van der Waals surface area contributed by atoms with Gasteiger partial charge in [0.05, 0.1) is 0 Å². The lowest BCUT2D eigenvalue weighted by molar-refractivity contribution is 0.490. The molecule has 8 aromatic rings. The molecule has 0 radical (unpaired) electrons. The van der Waals surface area contributed by atoms with Crippen molar-refractivity contribution >= 4 is 32.3 Å². The highest BCUT2D eigenvalue weighted by Crippen LogP contribution is 2.54. The van der Waals surface area contributed by atoms with Crippen LogP contribution in [-0.4, -0.2) is 0 Å². The van der Waals surface area contributed by atoms with Gasteiger partial charge in [0.25, 0.3) is 0 Å². The first-order valence-corrected chi connectivity index (χ1v) is 17.2. The van der Waals surface area contributed by atoms with Crippen LogP contribution in [0.5, 0.6) is 0 Å². The fraction of sp³-hybridized carbons (Fsp3) is 0.106. The van der Waals surface area contributed by atoms with Crippen molar-refractivity contribution in [1.29, 1.82) is 0 Å². The van der Waals surface area contributed by atoms with Crippen LogP contribution in [0.4, 0.5) is 4.39 Å². The Morgan fingerprint density at radius 1 is 0.417 bits per heavy atom. The molecule has 0 amide bonds. The van der Waals surface area contributed by atoms with E-state index in [1.54, 1.807) is 12.1 Å². The van der Waals surface area contributed by atoms with Gasteiger partial charge >= 0.3 is 0 Å². The van der Waals surface area contributed by atoms with Crippen molar-refractivity contribution in [3.63, 3.8) is 0 Å². The van der Waals surface area contributed by atoms with Crippen molar-refractivity contribution in [1.82, 2.24) is 0 Å². The van der Waals surface area contributed by atoms with Gasteiger partial charge < -0.3 is 0 Å². The predicted molar refractivity (Wildman–Crippen MR) is 201 cm³/mol. The van der Waals surface area contributed by atoms with Crippen LogP contribution in [0.25, 0.3) is 88.0 Å². The van der Waals surface area contributed by atoms with Crippen LogP contribution in [0, 0.1) is 5.82 Å².